The van der Waals surface area contributed by atoms with Gasteiger partial charge < -0.3 is 19.9 Å². The maximum Gasteiger partial charge on any atom is 0.336 e. The molecule has 218 valence electrons. The molecule has 42 heavy (non-hydrogen) atoms. The van der Waals surface area contributed by atoms with E-state index < -0.39 is 30.2 Å². The van der Waals surface area contributed by atoms with Crippen LogP contribution in [0.3, 0.4) is 0 Å². The zero-order chi connectivity index (χ0) is 30.2. The Morgan fingerprint density at radius 1 is 0.786 bits per heavy atom. The first-order valence-corrected chi connectivity index (χ1v) is 14.8. The van der Waals surface area contributed by atoms with Crippen molar-refractivity contribution in [1.29, 1.82) is 0 Å². The summed E-state index contributed by atoms with van der Waals surface area (Å²) in [4.78, 5) is 39.6. The van der Waals surface area contributed by atoms with Crippen molar-refractivity contribution in [3.63, 3.8) is 0 Å². The van der Waals surface area contributed by atoms with E-state index in [9.17, 15) is 19.5 Å². The molecule has 1 aliphatic rings. The summed E-state index contributed by atoms with van der Waals surface area (Å²) >= 11 is 14.9. The van der Waals surface area contributed by atoms with Crippen LogP contribution in [0.15, 0.2) is 100 Å². The zero-order valence-electron chi connectivity index (χ0n) is 23.0. The number of carbonyl (C=O) groups is 3. The highest BCUT2D eigenvalue weighted by molar-refractivity contribution is 7.98. The predicted octanol–water partition coefficient (Wildman–Crippen LogP) is 6.93. The summed E-state index contributed by atoms with van der Waals surface area (Å²) in [5, 5.41) is 13.2. The quantitative estimate of drug-likeness (QED) is 0.175. The Balaban J connectivity index is 1.79. The number of rotatable bonds is 11. The van der Waals surface area contributed by atoms with E-state index in [0.29, 0.717) is 18.5 Å². The SMILES string of the molecule is COC(=O)C1=C(CCc2ccccc2CSc2ccccc2)NC(CC(=O)O)=C(C(=O)OC)C1c1c(Cl)cccc1Cl. The first kappa shape index (κ1) is 31.2. The number of carbonyl (C=O) groups excluding carboxylic acids is 2. The number of aryl methyl sites for hydroxylation is 1. The fourth-order valence-electron chi connectivity index (χ4n) is 4.95. The molecule has 1 atom stereocenters. The van der Waals surface area contributed by atoms with Crippen LogP contribution in [0.1, 0.15) is 35.4 Å². The Hall–Kier alpha value is -3.72. The van der Waals surface area contributed by atoms with Gasteiger partial charge >= 0.3 is 17.9 Å². The molecule has 4 rings (SSSR count). The number of nitrogens with one attached hydrogen (secondary N) is 1. The van der Waals surface area contributed by atoms with Gasteiger partial charge in [-0.3, -0.25) is 4.79 Å². The van der Waals surface area contributed by atoms with Crippen LogP contribution >= 0.6 is 35.0 Å². The average Bonchev–Trinajstić information content (AvgIpc) is 2.98. The lowest BCUT2D eigenvalue weighted by Crippen LogP contribution is -2.35. The molecule has 10 heteroatoms. The van der Waals surface area contributed by atoms with E-state index in [1.54, 1.807) is 30.0 Å². The Bertz CT molecular complexity index is 1530. The van der Waals surface area contributed by atoms with Crippen LogP contribution in [-0.2, 0) is 36.0 Å². The van der Waals surface area contributed by atoms with E-state index in [1.165, 1.54) is 14.2 Å². The second-order valence-corrected chi connectivity index (χ2v) is 11.3. The molecule has 1 heterocycles. The standard InChI is InChI=1S/C32H29Cl2NO6S/c1-40-31(38)28-24(16-15-19-9-6-7-10-20(19)18-42-21-11-4-3-5-12-21)35-25(17-26(36)37)29(32(39)41-2)30(28)27-22(33)13-8-14-23(27)34/h3-14,30,35H,15-18H2,1-2H3,(H,36,37). The number of allylic oxidation sites excluding steroid dienone is 1. The van der Waals surface area contributed by atoms with Crippen LogP contribution in [0.5, 0.6) is 0 Å². The van der Waals surface area contributed by atoms with Gasteiger partial charge in [0.25, 0.3) is 0 Å². The summed E-state index contributed by atoms with van der Waals surface area (Å²) in [6, 6.07) is 22.9. The highest BCUT2D eigenvalue weighted by atomic mass is 35.5. The molecule has 0 amide bonds. The number of esters is 2. The Morgan fingerprint density at radius 3 is 1.95 bits per heavy atom. The van der Waals surface area contributed by atoms with Crippen molar-refractivity contribution in [3.05, 3.63) is 122 Å². The minimum atomic E-state index is -1.17. The molecule has 3 aromatic rings. The Labute approximate surface area is 258 Å². The number of ether oxygens (including phenoxy) is 2. The van der Waals surface area contributed by atoms with Crippen molar-refractivity contribution in [3.8, 4) is 0 Å². The highest BCUT2D eigenvalue weighted by Crippen LogP contribution is 2.46. The van der Waals surface area contributed by atoms with E-state index in [1.807, 2.05) is 36.4 Å². The lowest BCUT2D eigenvalue weighted by atomic mass is 9.78. The summed E-state index contributed by atoms with van der Waals surface area (Å²) in [6.45, 7) is 0. The number of hydrogen-bond acceptors (Lipinski definition) is 7. The van der Waals surface area contributed by atoms with E-state index in [2.05, 4.69) is 23.5 Å². The summed E-state index contributed by atoms with van der Waals surface area (Å²) in [5.41, 5.74) is 3.02. The van der Waals surface area contributed by atoms with Crippen LogP contribution in [0.4, 0.5) is 0 Å². The number of benzene rings is 3. The normalized spacial score (nSPS) is 14.8. The van der Waals surface area contributed by atoms with Crippen molar-refractivity contribution in [1.82, 2.24) is 5.32 Å². The van der Waals surface area contributed by atoms with Gasteiger partial charge in [-0.15, -0.1) is 11.8 Å². The molecule has 1 aliphatic heterocycles. The summed E-state index contributed by atoms with van der Waals surface area (Å²) < 4.78 is 10.2. The molecule has 0 spiro atoms. The van der Waals surface area contributed by atoms with Gasteiger partial charge in [0, 0.05) is 37.7 Å². The van der Waals surface area contributed by atoms with E-state index in [4.69, 9.17) is 32.7 Å². The molecule has 7 nitrogen and oxygen atoms in total. The predicted molar refractivity (Wildman–Crippen MR) is 163 cm³/mol. The maximum absolute atomic E-state index is 13.4. The number of methoxy groups -OCH3 is 2. The van der Waals surface area contributed by atoms with Crippen LogP contribution in [-0.4, -0.2) is 37.2 Å². The molecular formula is C32H29Cl2NO6S. The van der Waals surface area contributed by atoms with Crippen molar-refractivity contribution in [2.45, 2.75) is 35.8 Å². The molecule has 3 aromatic carbocycles. The number of aliphatic carboxylic acids is 1. The smallest absolute Gasteiger partial charge is 0.336 e. The molecule has 0 saturated heterocycles. The summed E-state index contributed by atoms with van der Waals surface area (Å²) in [5.74, 6) is -3.08. The largest absolute Gasteiger partial charge is 0.481 e. The van der Waals surface area contributed by atoms with E-state index in [0.717, 1.165) is 21.8 Å². The lowest BCUT2D eigenvalue weighted by molar-refractivity contribution is -0.137. The fourth-order valence-corrected chi connectivity index (χ4v) is 6.52. The molecule has 0 saturated carbocycles. The Morgan fingerprint density at radius 2 is 1.36 bits per heavy atom. The molecule has 0 fully saturated rings. The van der Waals surface area contributed by atoms with Crippen LogP contribution in [0, 0.1) is 0 Å². The minimum absolute atomic E-state index is 0.0706. The topological polar surface area (TPSA) is 102 Å². The van der Waals surface area contributed by atoms with Crippen LogP contribution in [0.2, 0.25) is 10.0 Å². The van der Waals surface area contributed by atoms with Crippen molar-refractivity contribution >= 4 is 52.9 Å². The van der Waals surface area contributed by atoms with Gasteiger partial charge in [0.1, 0.15) is 0 Å². The van der Waals surface area contributed by atoms with Gasteiger partial charge in [0.15, 0.2) is 0 Å². The zero-order valence-corrected chi connectivity index (χ0v) is 25.3. The van der Waals surface area contributed by atoms with Gasteiger partial charge in [-0.2, -0.15) is 0 Å². The molecule has 1 unspecified atom stereocenters. The third kappa shape index (κ3) is 7.18. The van der Waals surface area contributed by atoms with E-state index >= 15 is 0 Å². The van der Waals surface area contributed by atoms with Crippen molar-refractivity contribution in [2.75, 3.05) is 14.2 Å². The Kier molecular flexibility index (Phi) is 10.7. The second kappa shape index (κ2) is 14.4. The summed E-state index contributed by atoms with van der Waals surface area (Å²) in [6.07, 6.45) is 0.310. The number of halogens is 2. The third-order valence-electron chi connectivity index (χ3n) is 6.86. The molecule has 0 aromatic heterocycles. The first-order chi connectivity index (χ1) is 20.2. The monoisotopic (exact) mass is 625 g/mol. The number of carboxylic acids is 1. The van der Waals surface area contributed by atoms with Gasteiger partial charge in [-0.1, -0.05) is 71.7 Å². The molecule has 0 aliphatic carbocycles. The van der Waals surface area contributed by atoms with Gasteiger partial charge in [0.2, 0.25) is 0 Å². The lowest BCUT2D eigenvalue weighted by Gasteiger charge is -2.33. The highest BCUT2D eigenvalue weighted by Gasteiger charge is 2.41. The third-order valence-corrected chi connectivity index (χ3v) is 8.58. The second-order valence-electron chi connectivity index (χ2n) is 9.40. The van der Waals surface area contributed by atoms with Crippen LogP contribution < -0.4 is 5.32 Å². The molecule has 0 bridgehead atoms. The summed E-state index contributed by atoms with van der Waals surface area (Å²) in [7, 11) is 2.42. The minimum Gasteiger partial charge on any atom is -0.481 e. The van der Waals surface area contributed by atoms with Gasteiger partial charge in [-0.25, -0.2) is 9.59 Å². The molecule has 0 radical (unpaired) electrons. The molecule has 2 N–H and O–H groups in total. The van der Waals surface area contributed by atoms with Gasteiger partial charge in [0.05, 0.1) is 37.7 Å². The number of carboxylic acid groups (broad SMARTS) is 1. The maximum atomic E-state index is 13.4. The van der Waals surface area contributed by atoms with E-state index in [-0.39, 0.29) is 32.5 Å². The molecular weight excluding hydrogens is 597 g/mol. The average molecular weight is 627 g/mol. The van der Waals surface area contributed by atoms with Crippen LogP contribution in [0.25, 0.3) is 0 Å². The fraction of sp³-hybridized carbons (Fsp3) is 0.219. The number of dihydropyridines is 1. The first-order valence-electron chi connectivity index (χ1n) is 13.0. The van der Waals surface area contributed by atoms with Gasteiger partial charge in [-0.05, 0) is 48.2 Å². The number of thioether (sulfide) groups is 1. The van der Waals surface area contributed by atoms with Crippen molar-refractivity contribution in [2.24, 2.45) is 0 Å². The number of hydrogen-bond donors (Lipinski definition) is 2. The van der Waals surface area contributed by atoms with Crippen molar-refractivity contribution < 1.29 is 29.0 Å².